The van der Waals surface area contributed by atoms with Crippen molar-refractivity contribution in [1.82, 2.24) is 0 Å². The van der Waals surface area contributed by atoms with Crippen molar-refractivity contribution >= 4 is 34.4 Å². The first-order chi connectivity index (χ1) is 6.18. The lowest BCUT2D eigenvalue weighted by Gasteiger charge is -1.98. The van der Waals surface area contributed by atoms with E-state index in [2.05, 4.69) is 47.4 Å². The lowest BCUT2D eigenvalue weighted by atomic mass is 10.4. The molecule has 0 spiro atoms. The predicted molar refractivity (Wildman–Crippen MR) is 69.2 cm³/mol. The van der Waals surface area contributed by atoms with Gasteiger partial charge in [-0.15, -0.1) is 0 Å². The Balaban J connectivity index is 2.65. The highest BCUT2D eigenvalue weighted by Gasteiger charge is 1.94. The van der Waals surface area contributed by atoms with Gasteiger partial charge in [-0.1, -0.05) is 42.1 Å². The van der Waals surface area contributed by atoms with Crippen LogP contribution >= 0.6 is 34.4 Å². The molecule has 0 radical (unpaired) electrons. The van der Waals surface area contributed by atoms with E-state index in [4.69, 9.17) is 0 Å². The molecule has 0 aromatic heterocycles. The van der Waals surface area contributed by atoms with Gasteiger partial charge in [0.15, 0.2) is 0 Å². The normalized spacial score (nSPS) is 11.4. The van der Waals surface area contributed by atoms with Crippen molar-refractivity contribution in [2.45, 2.75) is 11.8 Å². The summed E-state index contributed by atoms with van der Waals surface area (Å²) in [6, 6.07) is 10.3. The minimum atomic E-state index is 1.09. The van der Waals surface area contributed by atoms with Gasteiger partial charge in [-0.25, -0.2) is 0 Å². The van der Waals surface area contributed by atoms with Gasteiger partial charge in [-0.05, 0) is 47.7 Å². The molecule has 1 aromatic carbocycles. The first-order valence-corrected chi connectivity index (χ1v) is 5.83. The van der Waals surface area contributed by atoms with E-state index in [-0.39, 0.29) is 0 Å². The van der Waals surface area contributed by atoms with Crippen molar-refractivity contribution < 1.29 is 0 Å². The number of rotatable bonds is 3. The maximum absolute atomic E-state index is 3.84. The molecule has 0 aliphatic heterocycles. The third-order valence-electron chi connectivity index (χ3n) is 1.32. The average Bonchev–Trinajstić information content (AvgIpc) is 2.04. The summed E-state index contributed by atoms with van der Waals surface area (Å²) in [5, 5.41) is 0. The van der Waals surface area contributed by atoms with Gasteiger partial charge in [-0.2, -0.15) is 0 Å². The highest BCUT2D eigenvalue weighted by Crippen LogP contribution is 2.31. The van der Waals surface area contributed by atoms with Gasteiger partial charge >= 0.3 is 0 Å². The largest absolute Gasteiger partial charge is 0.0961 e. The molecule has 0 saturated carbocycles. The van der Waals surface area contributed by atoms with Crippen LogP contribution in [0.3, 0.4) is 0 Å². The van der Waals surface area contributed by atoms with Crippen molar-refractivity contribution in [3.63, 3.8) is 0 Å². The minimum Gasteiger partial charge on any atom is -0.0961 e. The first-order valence-electron chi connectivity index (χ1n) is 3.94. The van der Waals surface area contributed by atoms with E-state index in [0.717, 1.165) is 5.57 Å². The highest BCUT2D eigenvalue weighted by atomic mass is 127. The van der Waals surface area contributed by atoms with Crippen molar-refractivity contribution in [3.8, 4) is 0 Å². The van der Waals surface area contributed by atoms with E-state index in [0.29, 0.717) is 0 Å². The zero-order chi connectivity index (χ0) is 9.68. The highest BCUT2D eigenvalue weighted by molar-refractivity contribution is 14.1. The summed E-state index contributed by atoms with van der Waals surface area (Å²) in [5.41, 5.74) is 1.09. The molecule has 0 aliphatic carbocycles. The quantitative estimate of drug-likeness (QED) is 0.445. The molecule has 2 heteroatoms. The topological polar surface area (TPSA) is 0 Å². The van der Waals surface area contributed by atoms with E-state index in [9.17, 15) is 0 Å². The van der Waals surface area contributed by atoms with Gasteiger partial charge in [0, 0.05) is 4.90 Å². The van der Waals surface area contributed by atoms with Crippen LogP contribution in [0.4, 0.5) is 0 Å². The molecular weight excluding hydrogens is 291 g/mol. The van der Waals surface area contributed by atoms with Crippen molar-refractivity contribution in [1.29, 1.82) is 0 Å². The zero-order valence-corrected chi connectivity index (χ0v) is 10.4. The molecule has 68 valence electrons. The van der Waals surface area contributed by atoms with Crippen LogP contribution in [0.2, 0.25) is 0 Å². The standard InChI is InChI=1S/C11H11IS/c1-9(2)8-11(12)13-10-6-4-3-5-7-10/h3-8H,1H2,2H3/b11-8+. The Morgan fingerprint density at radius 2 is 2.00 bits per heavy atom. The Hall–Kier alpha value is -0.220. The summed E-state index contributed by atoms with van der Waals surface area (Å²) in [5.74, 6) is 0. The number of hydrogen-bond acceptors (Lipinski definition) is 1. The van der Waals surface area contributed by atoms with E-state index >= 15 is 0 Å². The Labute approximate surface area is 97.3 Å². The van der Waals surface area contributed by atoms with Gasteiger partial charge in [0.25, 0.3) is 0 Å². The molecule has 13 heavy (non-hydrogen) atoms. The lowest BCUT2D eigenvalue weighted by Crippen LogP contribution is -1.69. The second kappa shape index (κ2) is 5.50. The van der Waals surface area contributed by atoms with Crippen LogP contribution in [0, 0.1) is 0 Å². The molecule has 0 heterocycles. The van der Waals surface area contributed by atoms with Crippen LogP contribution in [-0.2, 0) is 0 Å². The van der Waals surface area contributed by atoms with E-state index in [1.807, 2.05) is 25.1 Å². The van der Waals surface area contributed by atoms with Crippen molar-refractivity contribution in [3.05, 3.63) is 51.5 Å². The molecule has 1 rings (SSSR count). The molecule has 0 saturated heterocycles. The smallest absolute Gasteiger partial charge is 0.0508 e. The number of thioether (sulfide) groups is 1. The molecule has 0 N–H and O–H groups in total. The van der Waals surface area contributed by atoms with E-state index in [1.54, 1.807) is 11.8 Å². The van der Waals surface area contributed by atoms with Crippen LogP contribution in [0.1, 0.15) is 6.92 Å². The average molecular weight is 302 g/mol. The zero-order valence-electron chi connectivity index (χ0n) is 7.46. The predicted octanol–water partition coefficient (Wildman–Crippen LogP) is 4.63. The van der Waals surface area contributed by atoms with Crippen LogP contribution in [0.25, 0.3) is 0 Å². The molecule has 0 aliphatic rings. The Kier molecular flexibility index (Phi) is 4.59. The van der Waals surface area contributed by atoms with Gasteiger partial charge < -0.3 is 0 Å². The minimum absolute atomic E-state index is 1.09. The van der Waals surface area contributed by atoms with Gasteiger partial charge in [-0.3, -0.25) is 0 Å². The van der Waals surface area contributed by atoms with Crippen LogP contribution in [0.5, 0.6) is 0 Å². The SMILES string of the molecule is C=C(C)/C=C(\I)Sc1ccccc1. The Morgan fingerprint density at radius 3 is 2.54 bits per heavy atom. The summed E-state index contributed by atoms with van der Waals surface area (Å²) in [6.45, 7) is 5.85. The Bertz CT molecular complexity index is 314. The summed E-state index contributed by atoms with van der Waals surface area (Å²) < 4.78 is 1.25. The second-order valence-electron chi connectivity index (χ2n) is 2.71. The molecular formula is C11H11IS. The van der Waals surface area contributed by atoms with Gasteiger partial charge in [0.05, 0.1) is 2.91 Å². The fraction of sp³-hybridized carbons (Fsp3) is 0.0909. The summed E-state index contributed by atoms with van der Waals surface area (Å²) >= 11 is 4.08. The molecule has 0 bridgehead atoms. The van der Waals surface area contributed by atoms with E-state index < -0.39 is 0 Å². The maximum atomic E-state index is 3.84. The second-order valence-corrected chi connectivity index (χ2v) is 5.72. The number of hydrogen-bond donors (Lipinski definition) is 0. The maximum Gasteiger partial charge on any atom is 0.0508 e. The molecule has 0 nitrogen and oxygen atoms in total. The van der Waals surface area contributed by atoms with Gasteiger partial charge in [0.1, 0.15) is 0 Å². The molecule has 0 unspecified atom stereocenters. The summed E-state index contributed by atoms with van der Waals surface area (Å²) in [7, 11) is 0. The van der Waals surface area contributed by atoms with Crippen LogP contribution in [0.15, 0.2) is 56.4 Å². The number of allylic oxidation sites excluding steroid dienone is 2. The summed E-state index contributed by atoms with van der Waals surface area (Å²) in [4.78, 5) is 1.27. The molecule has 0 amide bonds. The summed E-state index contributed by atoms with van der Waals surface area (Å²) in [6.07, 6.45) is 2.08. The van der Waals surface area contributed by atoms with Crippen molar-refractivity contribution in [2.75, 3.05) is 0 Å². The monoisotopic (exact) mass is 302 g/mol. The third kappa shape index (κ3) is 4.52. The van der Waals surface area contributed by atoms with E-state index in [1.165, 1.54) is 7.81 Å². The molecule has 1 aromatic rings. The number of halogens is 1. The van der Waals surface area contributed by atoms with Crippen molar-refractivity contribution in [2.24, 2.45) is 0 Å². The first kappa shape index (κ1) is 10.9. The fourth-order valence-electron chi connectivity index (χ4n) is 0.824. The number of benzene rings is 1. The Morgan fingerprint density at radius 1 is 1.38 bits per heavy atom. The molecule has 0 atom stereocenters. The fourth-order valence-corrected chi connectivity index (χ4v) is 2.90. The lowest BCUT2D eigenvalue weighted by molar-refractivity contribution is 1.47. The van der Waals surface area contributed by atoms with Crippen LogP contribution < -0.4 is 0 Å². The van der Waals surface area contributed by atoms with Gasteiger partial charge in [0.2, 0.25) is 0 Å². The molecule has 0 fully saturated rings. The van der Waals surface area contributed by atoms with Crippen LogP contribution in [-0.4, -0.2) is 0 Å². The third-order valence-corrected chi connectivity index (χ3v) is 3.11.